The first kappa shape index (κ1) is 73.4. The second kappa shape index (κ2) is 27.5. The van der Waals surface area contributed by atoms with E-state index in [9.17, 15) is 0 Å². The van der Waals surface area contributed by atoms with Gasteiger partial charge in [0.15, 0.2) is 0 Å². The second-order valence-corrected chi connectivity index (χ2v) is 37.1. The molecule has 2 aromatic heterocycles. The van der Waals surface area contributed by atoms with E-state index in [-0.39, 0.29) is 10.8 Å². The van der Waals surface area contributed by atoms with E-state index in [4.69, 9.17) is 8.83 Å². The number of hydrogen-bond acceptors (Lipinski definition) is 2. The molecule has 2 heterocycles. The van der Waals surface area contributed by atoms with Gasteiger partial charge in [-0.2, -0.15) is 0 Å². The highest BCUT2D eigenvalue weighted by Gasteiger charge is 2.52. The molecule has 0 aliphatic heterocycles. The zero-order valence-electron chi connectivity index (χ0n) is 71.7. The van der Waals surface area contributed by atoms with E-state index in [2.05, 4.69) is 452 Å². The quantitative estimate of drug-likeness (QED) is 0.149. The van der Waals surface area contributed by atoms with Gasteiger partial charge in [-0.1, -0.05) is 355 Å². The lowest BCUT2D eigenvalue weighted by Crippen LogP contribution is -2.25. The molecule has 2 heteroatoms. The van der Waals surface area contributed by atoms with Gasteiger partial charge in [0, 0.05) is 32.4 Å². The lowest BCUT2D eigenvalue weighted by atomic mass is 9.70. The maximum Gasteiger partial charge on any atom is 0.135 e. The SMILES string of the molecule is CC1(C)c2ccc(-c3ccc4oc5ccc(-c6c7ccccc7c(-c7ccc8c(c7)C7(c9ccccc9-c9ccccc97)c7ccccc7-8)c7ccccc67)cc5c4c3)cc2-c2cc3ccccc3cc21.CC1(C)c2ccc(-c3ccc4oc5ccc(-c6c7ccccc7c(-c7cccc(-c8ccccc8)c7)c7ccccc67)cc5c4c3)cc2-c2cc3ccccc3cc21. The van der Waals surface area contributed by atoms with Crippen LogP contribution in [0.1, 0.15) is 72.2 Å². The Morgan fingerprint density at radius 1 is 0.147 bits per heavy atom. The van der Waals surface area contributed by atoms with Gasteiger partial charge in [-0.05, 0) is 329 Å². The molecule has 0 saturated heterocycles. The maximum absolute atomic E-state index is 6.62. The second-order valence-electron chi connectivity index (χ2n) is 37.1. The highest BCUT2D eigenvalue weighted by Crippen LogP contribution is 2.64. The van der Waals surface area contributed by atoms with Gasteiger partial charge in [0.1, 0.15) is 22.3 Å². The van der Waals surface area contributed by atoms with E-state index in [0.717, 1.165) is 43.9 Å². The summed E-state index contributed by atoms with van der Waals surface area (Å²) in [5.41, 5.74) is 41.7. The number of fused-ring (bicyclic) bond motifs is 28. The summed E-state index contributed by atoms with van der Waals surface area (Å²) in [5.74, 6) is 0. The lowest BCUT2D eigenvalue weighted by Gasteiger charge is -2.30. The number of benzene rings is 22. The van der Waals surface area contributed by atoms with Crippen molar-refractivity contribution < 1.29 is 8.83 Å². The first-order chi connectivity index (χ1) is 63.4. The van der Waals surface area contributed by atoms with Gasteiger partial charge < -0.3 is 8.83 Å². The van der Waals surface area contributed by atoms with Crippen molar-refractivity contribution in [2.24, 2.45) is 0 Å². The van der Waals surface area contributed by atoms with Crippen LogP contribution in [0.4, 0.5) is 0 Å². The minimum Gasteiger partial charge on any atom is -0.456 e. The Kier molecular flexibility index (Phi) is 15.6. The van der Waals surface area contributed by atoms with Crippen LogP contribution >= 0.6 is 0 Å². The lowest BCUT2D eigenvalue weighted by molar-refractivity contribution is 0.661. The predicted molar refractivity (Wildman–Crippen MR) is 542 cm³/mol. The molecule has 0 bridgehead atoms. The molecule has 28 rings (SSSR count). The molecule has 4 aliphatic rings. The highest BCUT2D eigenvalue weighted by molar-refractivity contribution is 6.25. The average Bonchev–Trinajstić information content (AvgIpc) is 1.50. The molecule has 0 radical (unpaired) electrons. The summed E-state index contributed by atoms with van der Waals surface area (Å²) in [6.07, 6.45) is 0. The van der Waals surface area contributed by atoms with Gasteiger partial charge in [-0.25, -0.2) is 0 Å². The largest absolute Gasteiger partial charge is 0.456 e. The van der Waals surface area contributed by atoms with E-state index in [1.807, 2.05) is 0 Å². The van der Waals surface area contributed by atoms with Crippen molar-refractivity contribution in [1.82, 2.24) is 0 Å². The van der Waals surface area contributed by atoms with Crippen LogP contribution in [0.3, 0.4) is 0 Å². The van der Waals surface area contributed by atoms with Crippen LogP contribution in [0, 0.1) is 0 Å². The summed E-state index contributed by atoms with van der Waals surface area (Å²) in [5, 5.41) is 19.6. The molecule has 0 atom stereocenters. The minimum absolute atomic E-state index is 0.0624. The molecule has 4 aliphatic carbocycles. The van der Waals surface area contributed by atoms with E-state index in [1.165, 1.54) is 232 Å². The summed E-state index contributed by atoms with van der Waals surface area (Å²) in [6, 6.07) is 158. The zero-order chi connectivity index (χ0) is 85.3. The van der Waals surface area contributed by atoms with E-state index in [1.54, 1.807) is 0 Å². The Hall–Kier alpha value is -16.0. The van der Waals surface area contributed by atoms with Gasteiger partial charge in [-0.15, -0.1) is 0 Å². The topological polar surface area (TPSA) is 26.3 Å². The van der Waals surface area contributed by atoms with E-state index < -0.39 is 5.41 Å². The third-order valence-electron chi connectivity index (χ3n) is 29.7. The number of rotatable bonds is 7. The number of hydrogen-bond donors (Lipinski definition) is 0. The Labute approximate surface area is 747 Å². The molecule has 24 aromatic rings. The maximum atomic E-state index is 6.62. The van der Waals surface area contributed by atoms with Crippen LogP contribution in [0.5, 0.6) is 0 Å². The molecule has 1 spiro atoms. The van der Waals surface area contributed by atoms with E-state index in [0.29, 0.717) is 0 Å². The summed E-state index contributed by atoms with van der Waals surface area (Å²) in [4.78, 5) is 0. The Bertz CT molecular complexity index is 8830. The summed E-state index contributed by atoms with van der Waals surface area (Å²) >= 11 is 0. The predicted octanol–water partition coefficient (Wildman–Crippen LogP) is 34.7. The molecule has 0 fully saturated rings. The zero-order valence-corrected chi connectivity index (χ0v) is 71.7. The first-order valence-corrected chi connectivity index (χ1v) is 45.2. The molecule has 0 unspecified atom stereocenters. The Morgan fingerprint density at radius 3 is 0.822 bits per heavy atom. The van der Waals surface area contributed by atoms with Crippen LogP contribution in [0.15, 0.2) is 433 Å². The molecule has 602 valence electrons. The monoisotopic (exact) mass is 1640 g/mol. The van der Waals surface area contributed by atoms with Crippen molar-refractivity contribution in [3.8, 4) is 122 Å². The van der Waals surface area contributed by atoms with Crippen molar-refractivity contribution in [2.75, 3.05) is 0 Å². The Balaban J connectivity index is 0.000000136. The third-order valence-corrected chi connectivity index (χ3v) is 29.7. The van der Waals surface area contributed by atoms with Gasteiger partial charge in [0.2, 0.25) is 0 Å². The van der Waals surface area contributed by atoms with Crippen LogP contribution in [-0.2, 0) is 16.2 Å². The summed E-state index contributed by atoms with van der Waals surface area (Å²) < 4.78 is 13.1. The molecule has 0 saturated carbocycles. The fourth-order valence-corrected chi connectivity index (χ4v) is 23.7. The van der Waals surface area contributed by atoms with Crippen molar-refractivity contribution in [3.63, 3.8) is 0 Å². The normalized spacial score (nSPS) is 13.8. The van der Waals surface area contributed by atoms with Gasteiger partial charge >= 0.3 is 0 Å². The molecular formula is C127H82O2. The number of furan rings is 2. The van der Waals surface area contributed by atoms with Crippen LogP contribution in [0.2, 0.25) is 0 Å². The first-order valence-electron chi connectivity index (χ1n) is 45.2. The third kappa shape index (κ3) is 10.7. The van der Waals surface area contributed by atoms with Gasteiger partial charge in [0.25, 0.3) is 0 Å². The van der Waals surface area contributed by atoms with Crippen molar-refractivity contribution in [1.29, 1.82) is 0 Å². The van der Waals surface area contributed by atoms with Gasteiger partial charge in [0.05, 0.1) is 5.41 Å². The molecule has 2 nitrogen and oxygen atoms in total. The Morgan fingerprint density at radius 2 is 0.419 bits per heavy atom. The molecule has 0 N–H and O–H groups in total. The highest BCUT2D eigenvalue weighted by atomic mass is 16.3. The minimum atomic E-state index is -0.415. The van der Waals surface area contributed by atoms with Crippen molar-refractivity contribution >= 4 is 109 Å². The molecule has 129 heavy (non-hydrogen) atoms. The van der Waals surface area contributed by atoms with Crippen LogP contribution in [-0.4, -0.2) is 0 Å². The molecule has 22 aromatic carbocycles. The van der Waals surface area contributed by atoms with Crippen molar-refractivity contribution in [3.05, 3.63) is 469 Å². The smallest absolute Gasteiger partial charge is 0.135 e. The van der Waals surface area contributed by atoms with E-state index >= 15 is 0 Å². The fourth-order valence-electron chi connectivity index (χ4n) is 23.7. The van der Waals surface area contributed by atoms with Crippen molar-refractivity contribution in [2.45, 2.75) is 43.9 Å². The molecule has 0 amide bonds. The fraction of sp³-hybridized carbons (Fsp3) is 0.0551. The average molecular weight is 1640 g/mol. The summed E-state index contributed by atoms with van der Waals surface area (Å²) in [6.45, 7) is 9.44. The van der Waals surface area contributed by atoms with Crippen LogP contribution in [0.25, 0.3) is 231 Å². The standard InChI is InChI=1S/C70H44O.C57H38O/c1-69(2)59-32-28-43(36-55(59)56-35-41-15-3-4-16-42(41)39-63(56)69)44-29-33-65-57(37-44)58-38-45(30-34-66(58)71-65)67-51-20-5-7-22-53(51)68(54-23-8-6-21-52(54)67)46-27-31-50-49-19-11-14-26-62(49)70(64(50)40-46)60-24-12-9-17-47(60)48-18-10-13-25-61(48)70;1-57(2)51-26-23-39(31-47(51)48-30-37-15-6-7-16-38(37)34-52(48)57)40-24-27-53-49(32-40)50-33-42(25-28-54(50)58-53)56-45-21-10-8-19-43(45)55(44-20-9-11-22-46(44)56)41-18-12-17-36(29-41)35-13-4-3-5-14-35/h3-40H,1-2H3;3-34H,1-2H3. The van der Waals surface area contributed by atoms with Crippen LogP contribution < -0.4 is 0 Å². The van der Waals surface area contributed by atoms with Gasteiger partial charge in [-0.3, -0.25) is 0 Å². The molecular weight excluding hydrogens is 1560 g/mol. The summed E-state index contributed by atoms with van der Waals surface area (Å²) in [7, 11) is 0.